The number of nitrogens with one attached hydrogen (secondary N) is 1. The average Bonchev–Trinajstić information content (AvgIpc) is 2.74. The lowest BCUT2D eigenvalue weighted by atomic mass is 10.2. The first-order chi connectivity index (χ1) is 15.1. The number of rotatable bonds is 12. The maximum atomic E-state index is 12.4. The Morgan fingerprint density at radius 2 is 2.00 bits per heavy atom. The highest BCUT2D eigenvalue weighted by molar-refractivity contribution is 7.98. The van der Waals surface area contributed by atoms with Crippen molar-refractivity contribution in [2.24, 2.45) is 0 Å². The van der Waals surface area contributed by atoms with Crippen LogP contribution in [0.1, 0.15) is 12.0 Å². The second-order valence-corrected chi connectivity index (χ2v) is 10.1. The van der Waals surface area contributed by atoms with Crippen LogP contribution in [0, 0.1) is 10.1 Å². The number of non-ortho nitro benzene ring substituents is 1. The molecule has 0 fully saturated rings. The van der Waals surface area contributed by atoms with Crippen molar-refractivity contribution in [3.05, 3.63) is 63.2 Å². The summed E-state index contributed by atoms with van der Waals surface area (Å²) in [4.78, 5) is 22.8. The molecule has 174 valence electrons. The van der Waals surface area contributed by atoms with Gasteiger partial charge in [0.2, 0.25) is 15.9 Å². The van der Waals surface area contributed by atoms with Crippen LogP contribution in [0.25, 0.3) is 0 Å². The molecule has 0 saturated carbocycles. The summed E-state index contributed by atoms with van der Waals surface area (Å²) >= 11 is 7.79. The van der Waals surface area contributed by atoms with E-state index in [0.29, 0.717) is 18.0 Å². The molecule has 0 aliphatic rings. The Labute approximate surface area is 196 Å². The lowest BCUT2D eigenvalue weighted by Gasteiger charge is -2.23. The van der Waals surface area contributed by atoms with E-state index in [1.807, 2.05) is 24.3 Å². The van der Waals surface area contributed by atoms with Gasteiger partial charge in [-0.2, -0.15) is 11.8 Å². The van der Waals surface area contributed by atoms with Crippen LogP contribution in [0.4, 0.5) is 11.4 Å². The fourth-order valence-corrected chi connectivity index (χ4v) is 4.85. The molecular formula is C20H24ClN3O6S2. The van der Waals surface area contributed by atoms with Gasteiger partial charge in [-0.05, 0) is 29.9 Å². The van der Waals surface area contributed by atoms with Crippen LogP contribution in [0.3, 0.4) is 0 Å². The van der Waals surface area contributed by atoms with Gasteiger partial charge in [0.25, 0.3) is 5.69 Å². The second kappa shape index (κ2) is 11.9. The van der Waals surface area contributed by atoms with Gasteiger partial charge in [-0.1, -0.05) is 29.8 Å². The van der Waals surface area contributed by atoms with E-state index in [2.05, 4.69) is 5.32 Å². The lowest BCUT2D eigenvalue weighted by Crippen LogP contribution is -2.40. The van der Waals surface area contributed by atoms with E-state index in [1.165, 1.54) is 19.2 Å². The van der Waals surface area contributed by atoms with Gasteiger partial charge in [0, 0.05) is 29.5 Å². The number of methoxy groups -OCH3 is 1. The summed E-state index contributed by atoms with van der Waals surface area (Å²) < 4.78 is 30.5. The van der Waals surface area contributed by atoms with Crippen molar-refractivity contribution < 1.29 is 22.9 Å². The SMILES string of the molecule is COc1ccc([N+](=O)[O-])cc1N(CC(=O)NCCCSCc1ccccc1Cl)S(C)(=O)=O. The summed E-state index contributed by atoms with van der Waals surface area (Å²) in [5.74, 6) is 1.10. The second-order valence-electron chi connectivity index (χ2n) is 6.73. The topological polar surface area (TPSA) is 119 Å². The maximum absolute atomic E-state index is 12.4. The van der Waals surface area contributed by atoms with Crippen molar-refractivity contribution in [2.45, 2.75) is 12.2 Å². The standard InChI is InChI=1S/C20H24ClN3O6S2/c1-30-19-9-8-16(24(26)27)12-18(19)23(32(2,28)29)13-20(25)22-10-5-11-31-14-15-6-3-4-7-17(15)21/h3-4,6-9,12H,5,10-11,13-14H2,1-2H3,(H,22,25). The van der Waals surface area contributed by atoms with Crippen molar-refractivity contribution in [1.29, 1.82) is 0 Å². The van der Waals surface area contributed by atoms with E-state index in [4.69, 9.17) is 16.3 Å². The van der Waals surface area contributed by atoms with E-state index in [1.54, 1.807) is 11.8 Å². The van der Waals surface area contributed by atoms with Gasteiger partial charge < -0.3 is 10.1 Å². The number of nitro benzene ring substituents is 1. The summed E-state index contributed by atoms with van der Waals surface area (Å²) in [5, 5.41) is 14.5. The fraction of sp³-hybridized carbons (Fsp3) is 0.350. The first kappa shape index (κ1) is 25.8. The molecule has 0 atom stereocenters. The van der Waals surface area contributed by atoms with Crippen LogP contribution in [0.5, 0.6) is 5.75 Å². The molecule has 2 aromatic carbocycles. The minimum absolute atomic E-state index is 0.0744. The zero-order chi connectivity index (χ0) is 23.7. The van der Waals surface area contributed by atoms with Crippen molar-refractivity contribution >= 4 is 50.7 Å². The largest absolute Gasteiger partial charge is 0.495 e. The number of amides is 1. The molecule has 0 saturated heterocycles. The number of benzene rings is 2. The first-order valence-corrected chi connectivity index (χ1v) is 12.9. The van der Waals surface area contributed by atoms with Crippen LogP contribution >= 0.6 is 23.4 Å². The Bertz CT molecular complexity index is 1070. The highest BCUT2D eigenvalue weighted by atomic mass is 35.5. The third-order valence-electron chi connectivity index (χ3n) is 4.33. The average molecular weight is 502 g/mol. The number of nitrogens with zero attached hydrogens (tertiary/aromatic N) is 2. The minimum atomic E-state index is -3.91. The smallest absolute Gasteiger partial charge is 0.271 e. The number of hydrogen-bond donors (Lipinski definition) is 1. The van der Waals surface area contributed by atoms with Crippen LogP contribution in [0.2, 0.25) is 5.02 Å². The van der Waals surface area contributed by atoms with Crippen molar-refractivity contribution in [3.63, 3.8) is 0 Å². The quantitative estimate of drug-likeness (QED) is 0.268. The Morgan fingerprint density at radius 3 is 2.62 bits per heavy atom. The predicted octanol–water partition coefficient (Wildman–Crippen LogP) is 3.46. The summed E-state index contributed by atoms with van der Waals surface area (Å²) in [6.07, 6.45) is 1.60. The monoisotopic (exact) mass is 501 g/mol. The fourth-order valence-electron chi connectivity index (χ4n) is 2.75. The Hall–Kier alpha value is -2.50. The number of sulfonamides is 1. The first-order valence-electron chi connectivity index (χ1n) is 9.51. The van der Waals surface area contributed by atoms with Gasteiger partial charge in [-0.3, -0.25) is 19.2 Å². The van der Waals surface area contributed by atoms with Crippen molar-refractivity contribution in [1.82, 2.24) is 5.32 Å². The molecule has 2 aromatic rings. The number of hydrogen-bond acceptors (Lipinski definition) is 7. The number of carbonyl (C=O) groups is 1. The molecule has 0 heterocycles. The Balaban J connectivity index is 1.93. The minimum Gasteiger partial charge on any atom is -0.495 e. The molecule has 0 aromatic heterocycles. The number of carbonyl (C=O) groups excluding carboxylic acids is 1. The number of ether oxygens (including phenoxy) is 1. The zero-order valence-electron chi connectivity index (χ0n) is 17.6. The van der Waals surface area contributed by atoms with Crippen LogP contribution in [0.15, 0.2) is 42.5 Å². The Morgan fingerprint density at radius 1 is 1.28 bits per heavy atom. The number of nitro groups is 1. The van der Waals surface area contributed by atoms with Gasteiger partial charge in [-0.15, -0.1) is 0 Å². The molecule has 0 radical (unpaired) electrons. The van der Waals surface area contributed by atoms with Crippen molar-refractivity contribution in [2.75, 3.05) is 36.5 Å². The van der Waals surface area contributed by atoms with E-state index in [9.17, 15) is 23.3 Å². The molecule has 9 nitrogen and oxygen atoms in total. The number of anilines is 1. The maximum Gasteiger partial charge on any atom is 0.271 e. The lowest BCUT2D eigenvalue weighted by molar-refractivity contribution is -0.384. The molecule has 1 N–H and O–H groups in total. The highest BCUT2D eigenvalue weighted by Gasteiger charge is 2.26. The van der Waals surface area contributed by atoms with Crippen LogP contribution < -0.4 is 14.4 Å². The molecule has 0 aliphatic carbocycles. The molecule has 0 unspecified atom stereocenters. The molecule has 0 spiro atoms. The summed E-state index contributed by atoms with van der Waals surface area (Å²) in [6, 6.07) is 11.1. The van der Waals surface area contributed by atoms with Gasteiger partial charge >= 0.3 is 0 Å². The molecule has 32 heavy (non-hydrogen) atoms. The molecule has 1 amide bonds. The number of thioether (sulfide) groups is 1. The van der Waals surface area contributed by atoms with E-state index < -0.39 is 27.4 Å². The molecular weight excluding hydrogens is 478 g/mol. The summed E-state index contributed by atoms with van der Waals surface area (Å²) in [7, 11) is -2.60. The summed E-state index contributed by atoms with van der Waals surface area (Å²) in [5.41, 5.74) is 0.651. The molecule has 0 aliphatic heterocycles. The van der Waals surface area contributed by atoms with Crippen LogP contribution in [-0.2, 0) is 20.6 Å². The van der Waals surface area contributed by atoms with E-state index in [-0.39, 0.29) is 17.1 Å². The van der Waals surface area contributed by atoms with Gasteiger partial charge in [-0.25, -0.2) is 8.42 Å². The van der Waals surface area contributed by atoms with E-state index in [0.717, 1.165) is 33.7 Å². The molecule has 0 bridgehead atoms. The third-order valence-corrected chi connectivity index (χ3v) is 6.92. The highest BCUT2D eigenvalue weighted by Crippen LogP contribution is 2.33. The van der Waals surface area contributed by atoms with Crippen molar-refractivity contribution in [3.8, 4) is 5.75 Å². The third kappa shape index (κ3) is 7.57. The molecule has 12 heteroatoms. The number of halogens is 1. The van der Waals surface area contributed by atoms with Gasteiger partial charge in [0.1, 0.15) is 18.0 Å². The zero-order valence-corrected chi connectivity index (χ0v) is 20.0. The predicted molar refractivity (Wildman–Crippen MR) is 127 cm³/mol. The van der Waals surface area contributed by atoms with Gasteiger partial charge in [0.15, 0.2) is 0 Å². The van der Waals surface area contributed by atoms with Gasteiger partial charge in [0.05, 0.1) is 18.3 Å². The van der Waals surface area contributed by atoms with E-state index >= 15 is 0 Å². The normalized spacial score (nSPS) is 11.1. The molecule has 2 rings (SSSR count). The summed E-state index contributed by atoms with van der Waals surface area (Å²) in [6.45, 7) is -0.166. The Kier molecular flexibility index (Phi) is 9.60. The van der Waals surface area contributed by atoms with Crippen LogP contribution in [-0.4, -0.2) is 51.5 Å².